The highest BCUT2D eigenvalue weighted by atomic mass is 32.1. The van der Waals surface area contributed by atoms with E-state index >= 15 is 0 Å². The molecule has 0 aliphatic carbocycles. The summed E-state index contributed by atoms with van der Waals surface area (Å²) in [5.74, 6) is -0.0480. The molecule has 3 aromatic rings. The number of nitrogens with one attached hydrogen (secondary N) is 1. The molecule has 1 aliphatic heterocycles. The van der Waals surface area contributed by atoms with Crippen LogP contribution >= 0.6 is 11.3 Å². The van der Waals surface area contributed by atoms with Crippen LogP contribution in [0, 0.1) is 0 Å². The van der Waals surface area contributed by atoms with Crippen LogP contribution in [0.15, 0.2) is 60.7 Å². The first kappa shape index (κ1) is 20.2. The van der Waals surface area contributed by atoms with Crippen molar-refractivity contribution in [2.75, 3.05) is 30.4 Å². The zero-order valence-electron chi connectivity index (χ0n) is 17.2. The fraction of sp³-hybridized carbons (Fsp3) is 0.250. The molecule has 0 saturated carbocycles. The minimum absolute atomic E-state index is 0.101. The highest BCUT2D eigenvalue weighted by molar-refractivity contribution is 7.19. The molecule has 0 spiro atoms. The van der Waals surface area contributed by atoms with Crippen molar-refractivity contribution in [1.29, 1.82) is 0 Å². The molecular weight excluding hydrogens is 394 g/mol. The fourth-order valence-electron chi connectivity index (χ4n) is 3.73. The molecule has 1 saturated heterocycles. The number of amides is 2. The molecule has 6 heteroatoms. The second-order valence-corrected chi connectivity index (χ2v) is 8.69. The van der Waals surface area contributed by atoms with Crippen LogP contribution in [-0.4, -0.2) is 42.9 Å². The van der Waals surface area contributed by atoms with E-state index in [1.165, 1.54) is 10.1 Å². The van der Waals surface area contributed by atoms with Gasteiger partial charge in [-0.25, -0.2) is 0 Å². The summed E-state index contributed by atoms with van der Waals surface area (Å²) in [7, 11) is 1.86. The molecule has 2 aromatic carbocycles. The lowest BCUT2D eigenvalue weighted by molar-refractivity contribution is -0.129. The number of hydrogen-bond donors (Lipinski definition) is 1. The lowest BCUT2D eigenvalue weighted by atomic mass is 10.2. The van der Waals surface area contributed by atoms with Gasteiger partial charge in [-0.1, -0.05) is 18.2 Å². The number of rotatable bonds is 5. The number of nitrogens with zero attached hydrogens (tertiary/aromatic N) is 2. The predicted octanol–water partition coefficient (Wildman–Crippen LogP) is 4.61. The Bertz CT molecular complexity index is 1050. The van der Waals surface area contributed by atoms with Crippen LogP contribution < -0.4 is 10.2 Å². The van der Waals surface area contributed by atoms with Gasteiger partial charge in [0, 0.05) is 54.1 Å². The molecular formula is C24H25N3O2S. The second-order valence-electron chi connectivity index (χ2n) is 7.57. The third-order valence-corrected chi connectivity index (χ3v) is 6.63. The van der Waals surface area contributed by atoms with Crippen molar-refractivity contribution >= 4 is 50.7 Å². The molecule has 1 atom stereocenters. The first-order valence-electron chi connectivity index (χ1n) is 10.1. The van der Waals surface area contributed by atoms with Gasteiger partial charge >= 0.3 is 0 Å². The highest BCUT2D eigenvalue weighted by Crippen LogP contribution is 2.26. The number of likely N-dealkylation sites (N-methyl/N-ethyl adjacent to an activating group) is 1. The van der Waals surface area contributed by atoms with Crippen molar-refractivity contribution in [3.05, 3.63) is 65.6 Å². The van der Waals surface area contributed by atoms with Crippen molar-refractivity contribution in [2.45, 2.75) is 19.4 Å². The Balaban J connectivity index is 1.34. The zero-order chi connectivity index (χ0) is 21.1. The smallest absolute Gasteiger partial charge is 0.248 e. The van der Waals surface area contributed by atoms with E-state index in [1.807, 2.05) is 54.4 Å². The number of hydrogen-bond acceptors (Lipinski definition) is 4. The number of benzene rings is 2. The van der Waals surface area contributed by atoms with Crippen LogP contribution in [0.3, 0.4) is 0 Å². The van der Waals surface area contributed by atoms with Gasteiger partial charge in [0.1, 0.15) is 0 Å². The summed E-state index contributed by atoms with van der Waals surface area (Å²) < 4.78 is 1.21. The average molecular weight is 420 g/mol. The summed E-state index contributed by atoms with van der Waals surface area (Å²) in [6.45, 7) is 3.36. The zero-order valence-corrected chi connectivity index (χ0v) is 18.0. The molecule has 2 amide bonds. The van der Waals surface area contributed by atoms with Gasteiger partial charge in [-0.05, 0) is 54.3 Å². The van der Waals surface area contributed by atoms with E-state index in [0.29, 0.717) is 0 Å². The molecule has 2 heterocycles. The molecule has 1 unspecified atom stereocenters. The van der Waals surface area contributed by atoms with Gasteiger partial charge in [0.15, 0.2) is 0 Å². The van der Waals surface area contributed by atoms with Crippen molar-refractivity contribution in [3.63, 3.8) is 0 Å². The van der Waals surface area contributed by atoms with Crippen LogP contribution in [0.1, 0.15) is 18.2 Å². The van der Waals surface area contributed by atoms with E-state index in [-0.39, 0.29) is 17.9 Å². The topological polar surface area (TPSA) is 52.7 Å². The van der Waals surface area contributed by atoms with Gasteiger partial charge in [-0.15, -0.1) is 11.3 Å². The Kier molecular flexibility index (Phi) is 5.86. The number of anilines is 2. The van der Waals surface area contributed by atoms with E-state index in [1.54, 1.807) is 24.3 Å². The van der Waals surface area contributed by atoms with Crippen LogP contribution in [0.2, 0.25) is 0 Å². The van der Waals surface area contributed by atoms with Crippen molar-refractivity contribution in [2.24, 2.45) is 0 Å². The van der Waals surface area contributed by atoms with Crippen molar-refractivity contribution in [1.82, 2.24) is 4.90 Å². The lowest BCUT2D eigenvalue weighted by Crippen LogP contribution is -2.37. The summed E-state index contributed by atoms with van der Waals surface area (Å²) in [6.07, 6.45) is 4.39. The molecule has 0 radical (unpaired) electrons. The van der Waals surface area contributed by atoms with Gasteiger partial charge in [0.25, 0.3) is 0 Å². The minimum atomic E-state index is -0.149. The molecule has 4 rings (SSSR count). The number of thiophene rings is 1. The van der Waals surface area contributed by atoms with Crippen LogP contribution in [0.25, 0.3) is 16.2 Å². The molecule has 5 nitrogen and oxygen atoms in total. The molecule has 0 bridgehead atoms. The summed E-state index contributed by atoms with van der Waals surface area (Å²) in [5, 5.41) is 4.10. The second kappa shape index (κ2) is 8.71. The Morgan fingerprint density at radius 3 is 2.67 bits per heavy atom. The maximum atomic E-state index is 12.3. The SMILES string of the molecule is CC(=O)N(C)C1CCN(c2ccc(NC(=O)/C=C/c3cc4ccccc4s3)cc2)C1. The first-order valence-corrected chi connectivity index (χ1v) is 10.9. The molecule has 154 valence electrons. The third kappa shape index (κ3) is 4.54. The average Bonchev–Trinajstić information content (AvgIpc) is 3.39. The molecule has 1 aliphatic rings. The van der Waals surface area contributed by atoms with Gasteiger partial charge in [-0.2, -0.15) is 0 Å². The summed E-state index contributed by atoms with van der Waals surface area (Å²) in [5.41, 5.74) is 1.87. The summed E-state index contributed by atoms with van der Waals surface area (Å²) in [6, 6.07) is 18.4. The first-order chi connectivity index (χ1) is 14.5. The van der Waals surface area contributed by atoms with Crippen LogP contribution in [-0.2, 0) is 9.59 Å². The van der Waals surface area contributed by atoms with Crippen LogP contribution in [0.4, 0.5) is 11.4 Å². The Morgan fingerprint density at radius 1 is 1.17 bits per heavy atom. The van der Waals surface area contributed by atoms with Gasteiger partial charge in [0.2, 0.25) is 11.8 Å². The lowest BCUT2D eigenvalue weighted by Gasteiger charge is -2.24. The number of fused-ring (bicyclic) bond motifs is 1. The van der Waals surface area contributed by atoms with Crippen LogP contribution in [0.5, 0.6) is 0 Å². The van der Waals surface area contributed by atoms with E-state index in [4.69, 9.17) is 0 Å². The predicted molar refractivity (Wildman–Crippen MR) is 125 cm³/mol. The quantitative estimate of drug-likeness (QED) is 0.615. The Hall–Kier alpha value is -3.12. The molecule has 1 N–H and O–H groups in total. The highest BCUT2D eigenvalue weighted by Gasteiger charge is 2.27. The van der Waals surface area contributed by atoms with E-state index in [0.717, 1.165) is 35.8 Å². The maximum absolute atomic E-state index is 12.3. The fourth-order valence-corrected chi connectivity index (χ4v) is 4.70. The Morgan fingerprint density at radius 2 is 1.93 bits per heavy atom. The van der Waals surface area contributed by atoms with E-state index < -0.39 is 0 Å². The van der Waals surface area contributed by atoms with Crippen molar-refractivity contribution in [3.8, 4) is 0 Å². The summed E-state index contributed by atoms with van der Waals surface area (Å²) in [4.78, 5) is 29.0. The number of carbonyl (C=O) groups is 2. The molecule has 1 fully saturated rings. The molecule has 30 heavy (non-hydrogen) atoms. The van der Waals surface area contributed by atoms with Gasteiger partial charge < -0.3 is 15.1 Å². The van der Waals surface area contributed by atoms with E-state index in [2.05, 4.69) is 28.4 Å². The normalized spacial score (nSPS) is 16.3. The number of carbonyl (C=O) groups excluding carboxylic acids is 2. The Labute approximate surface area is 180 Å². The standard InChI is InChI=1S/C24H25N3O2S/c1-17(28)26(2)21-13-14-27(16-21)20-9-7-19(8-10-20)25-24(29)12-11-22-15-18-5-3-4-6-23(18)30-22/h3-12,15,21H,13-14,16H2,1-2H3,(H,25,29)/b12-11+. The molecule has 1 aromatic heterocycles. The van der Waals surface area contributed by atoms with Gasteiger partial charge in [0.05, 0.1) is 6.04 Å². The maximum Gasteiger partial charge on any atom is 0.248 e. The van der Waals surface area contributed by atoms with E-state index in [9.17, 15) is 9.59 Å². The summed E-state index contributed by atoms with van der Waals surface area (Å²) >= 11 is 1.67. The largest absolute Gasteiger partial charge is 0.369 e. The minimum Gasteiger partial charge on any atom is -0.369 e. The third-order valence-electron chi connectivity index (χ3n) is 5.55. The van der Waals surface area contributed by atoms with Gasteiger partial charge in [-0.3, -0.25) is 9.59 Å². The monoisotopic (exact) mass is 419 g/mol. The van der Waals surface area contributed by atoms with Crippen molar-refractivity contribution < 1.29 is 9.59 Å².